The molecule has 1 unspecified atom stereocenters. The van der Waals surface area contributed by atoms with Crippen molar-refractivity contribution in [3.8, 4) is 0 Å². The van der Waals surface area contributed by atoms with Crippen molar-refractivity contribution in [2.75, 3.05) is 19.6 Å². The van der Waals surface area contributed by atoms with Gasteiger partial charge >= 0.3 is 0 Å². The van der Waals surface area contributed by atoms with Crippen LogP contribution in [0.15, 0.2) is 0 Å². The third kappa shape index (κ3) is 1.94. The van der Waals surface area contributed by atoms with Crippen molar-refractivity contribution >= 4 is 11.6 Å². The van der Waals surface area contributed by atoms with Gasteiger partial charge in [-0.05, 0) is 23.7 Å². The van der Waals surface area contributed by atoms with Gasteiger partial charge in [0.1, 0.15) is 0 Å². The Kier molecular flexibility index (Phi) is 2.60. The molecule has 82 valence electrons. The largest absolute Gasteiger partial charge is 0.301 e. The van der Waals surface area contributed by atoms with Crippen LogP contribution in [0.3, 0.4) is 0 Å². The van der Waals surface area contributed by atoms with Gasteiger partial charge in [-0.25, -0.2) is 0 Å². The first kappa shape index (κ1) is 10.8. The summed E-state index contributed by atoms with van der Waals surface area (Å²) < 4.78 is 0. The van der Waals surface area contributed by atoms with Crippen LogP contribution in [-0.2, 0) is 0 Å². The standard InChI is InChI=1S/C12H22ClN/c1-11(2)8-14(7-10(11)13)9-12(3)5-4-6-12/h10H,4-9H2,1-3H3. The Balaban J connectivity index is 1.89. The second kappa shape index (κ2) is 3.38. The summed E-state index contributed by atoms with van der Waals surface area (Å²) in [5, 5.41) is 0.339. The Hall–Kier alpha value is 0.250. The molecule has 1 atom stereocenters. The van der Waals surface area contributed by atoms with Crippen LogP contribution in [-0.4, -0.2) is 29.9 Å². The van der Waals surface area contributed by atoms with Crippen LogP contribution < -0.4 is 0 Å². The van der Waals surface area contributed by atoms with E-state index in [1.54, 1.807) is 0 Å². The van der Waals surface area contributed by atoms with E-state index in [0.717, 1.165) is 6.54 Å². The highest BCUT2D eigenvalue weighted by molar-refractivity contribution is 6.21. The van der Waals surface area contributed by atoms with Gasteiger partial charge in [-0.2, -0.15) is 0 Å². The highest BCUT2D eigenvalue weighted by Gasteiger charge is 2.41. The lowest BCUT2D eigenvalue weighted by atomic mass is 9.70. The molecule has 0 radical (unpaired) electrons. The summed E-state index contributed by atoms with van der Waals surface area (Å²) in [5.41, 5.74) is 0.915. The van der Waals surface area contributed by atoms with Gasteiger partial charge in [-0.15, -0.1) is 11.6 Å². The lowest BCUT2D eigenvalue weighted by molar-refractivity contribution is 0.0934. The molecule has 0 aromatic rings. The van der Waals surface area contributed by atoms with Crippen LogP contribution in [0, 0.1) is 10.8 Å². The molecule has 0 aromatic carbocycles. The minimum absolute atomic E-state index is 0.307. The molecule has 0 spiro atoms. The molecule has 0 bridgehead atoms. The Morgan fingerprint density at radius 3 is 2.29 bits per heavy atom. The highest BCUT2D eigenvalue weighted by Crippen LogP contribution is 2.43. The minimum Gasteiger partial charge on any atom is -0.301 e. The second-order valence-electron chi connectivity index (χ2n) is 6.29. The SMILES string of the molecule is CC1(CN2CC(Cl)C(C)(C)C2)CCC1. The first-order valence-corrected chi connectivity index (χ1v) is 6.21. The van der Waals surface area contributed by atoms with Crippen LogP contribution in [0.1, 0.15) is 40.0 Å². The molecule has 1 aliphatic heterocycles. The number of hydrogen-bond acceptors (Lipinski definition) is 1. The van der Waals surface area contributed by atoms with Crippen molar-refractivity contribution in [2.45, 2.75) is 45.4 Å². The van der Waals surface area contributed by atoms with E-state index in [0.29, 0.717) is 16.2 Å². The van der Waals surface area contributed by atoms with Gasteiger partial charge in [-0.3, -0.25) is 0 Å². The minimum atomic E-state index is 0.307. The number of rotatable bonds is 2. The van der Waals surface area contributed by atoms with Gasteiger partial charge in [0.25, 0.3) is 0 Å². The third-order valence-electron chi connectivity index (χ3n) is 4.06. The van der Waals surface area contributed by atoms with Crippen molar-refractivity contribution in [3.05, 3.63) is 0 Å². The molecule has 0 N–H and O–H groups in total. The molecule has 0 amide bonds. The predicted octanol–water partition coefficient (Wildman–Crippen LogP) is 3.13. The van der Waals surface area contributed by atoms with Gasteiger partial charge in [0, 0.05) is 19.6 Å². The van der Waals surface area contributed by atoms with E-state index >= 15 is 0 Å². The molecular formula is C12H22ClN. The normalized spacial score (nSPS) is 35.6. The van der Waals surface area contributed by atoms with Gasteiger partial charge in [0.05, 0.1) is 5.38 Å². The monoisotopic (exact) mass is 215 g/mol. The maximum absolute atomic E-state index is 6.35. The number of likely N-dealkylation sites (tertiary alicyclic amines) is 1. The van der Waals surface area contributed by atoms with Crippen molar-refractivity contribution in [1.29, 1.82) is 0 Å². The van der Waals surface area contributed by atoms with Crippen LogP contribution in [0.5, 0.6) is 0 Å². The smallest absolute Gasteiger partial charge is 0.0526 e. The molecule has 1 heterocycles. The fraction of sp³-hybridized carbons (Fsp3) is 1.00. The Labute approximate surface area is 92.8 Å². The van der Waals surface area contributed by atoms with Crippen molar-refractivity contribution in [3.63, 3.8) is 0 Å². The van der Waals surface area contributed by atoms with Crippen LogP contribution >= 0.6 is 11.6 Å². The Morgan fingerprint density at radius 1 is 1.29 bits per heavy atom. The molecule has 14 heavy (non-hydrogen) atoms. The molecular weight excluding hydrogens is 194 g/mol. The van der Waals surface area contributed by atoms with E-state index in [4.69, 9.17) is 11.6 Å². The van der Waals surface area contributed by atoms with Gasteiger partial charge < -0.3 is 4.90 Å². The molecule has 2 rings (SSSR count). The molecule has 1 saturated carbocycles. The summed E-state index contributed by atoms with van der Waals surface area (Å²) >= 11 is 6.35. The van der Waals surface area contributed by atoms with Crippen LogP contribution in [0.25, 0.3) is 0 Å². The predicted molar refractivity (Wildman–Crippen MR) is 61.8 cm³/mol. The zero-order valence-electron chi connectivity index (χ0n) is 9.65. The topological polar surface area (TPSA) is 3.24 Å². The lowest BCUT2D eigenvalue weighted by Gasteiger charge is -2.41. The molecule has 2 aliphatic rings. The summed E-state index contributed by atoms with van der Waals surface area (Å²) in [6, 6.07) is 0. The molecule has 1 aliphatic carbocycles. The zero-order valence-corrected chi connectivity index (χ0v) is 10.4. The summed E-state index contributed by atoms with van der Waals surface area (Å²) in [5.74, 6) is 0. The molecule has 2 heteroatoms. The lowest BCUT2D eigenvalue weighted by Crippen LogP contribution is -2.39. The summed E-state index contributed by atoms with van der Waals surface area (Å²) in [4.78, 5) is 2.57. The van der Waals surface area contributed by atoms with Crippen molar-refractivity contribution < 1.29 is 0 Å². The summed E-state index contributed by atoms with van der Waals surface area (Å²) in [6.07, 6.45) is 4.26. The van der Waals surface area contributed by atoms with Gasteiger partial charge in [-0.1, -0.05) is 27.2 Å². The average molecular weight is 216 g/mol. The number of alkyl halides is 1. The van der Waals surface area contributed by atoms with Crippen molar-refractivity contribution in [1.82, 2.24) is 4.90 Å². The quantitative estimate of drug-likeness (QED) is 0.640. The molecule has 1 saturated heterocycles. The molecule has 2 fully saturated rings. The van der Waals surface area contributed by atoms with Crippen molar-refractivity contribution in [2.24, 2.45) is 10.8 Å². The summed E-state index contributed by atoms with van der Waals surface area (Å²) in [7, 11) is 0. The van der Waals surface area contributed by atoms with E-state index in [2.05, 4.69) is 25.7 Å². The maximum Gasteiger partial charge on any atom is 0.0526 e. The fourth-order valence-electron chi connectivity index (χ4n) is 2.81. The first-order chi connectivity index (χ1) is 6.41. The van der Waals surface area contributed by atoms with Gasteiger partial charge in [0.15, 0.2) is 0 Å². The van der Waals surface area contributed by atoms with E-state index in [1.165, 1.54) is 32.4 Å². The zero-order chi connectivity index (χ0) is 10.4. The number of halogens is 1. The fourth-order valence-corrected chi connectivity index (χ4v) is 3.08. The van der Waals surface area contributed by atoms with E-state index in [-0.39, 0.29) is 0 Å². The van der Waals surface area contributed by atoms with E-state index < -0.39 is 0 Å². The van der Waals surface area contributed by atoms with E-state index in [9.17, 15) is 0 Å². The maximum atomic E-state index is 6.35. The van der Waals surface area contributed by atoms with E-state index in [1.807, 2.05) is 0 Å². The summed E-state index contributed by atoms with van der Waals surface area (Å²) in [6.45, 7) is 10.5. The second-order valence-corrected chi connectivity index (χ2v) is 6.82. The van der Waals surface area contributed by atoms with Gasteiger partial charge in [0.2, 0.25) is 0 Å². The first-order valence-electron chi connectivity index (χ1n) is 5.78. The number of hydrogen-bond donors (Lipinski definition) is 0. The molecule has 0 aromatic heterocycles. The number of nitrogens with zero attached hydrogens (tertiary/aromatic N) is 1. The third-order valence-corrected chi connectivity index (χ3v) is 4.79. The average Bonchev–Trinajstić information content (AvgIpc) is 2.22. The highest BCUT2D eigenvalue weighted by atomic mass is 35.5. The van der Waals surface area contributed by atoms with Crippen LogP contribution in [0.4, 0.5) is 0 Å². The van der Waals surface area contributed by atoms with Crippen LogP contribution in [0.2, 0.25) is 0 Å². The molecule has 1 nitrogen and oxygen atoms in total. The Morgan fingerprint density at radius 2 is 1.93 bits per heavy atom. The Bertz CT molecular complexity index is 220.